The lowest BCUT2D eigenvalue weighted by atomic mass is 9.83. The summed E-state index contributed by atoms with van der Waals surface area (Å²) in [4.78, 5) is 18.6. The molecule has 1 aromatic heterocycles. The van der Waals surface area contributed by atoms with Crippen LogP contribution in [0.5, 0.6) is 0 Å². The van der Waals surface area contributed by atoms with Gasteiger partial charge in [-0.2, -0.15) is 0 Å². The van der Waals surface area contributed by atoms with Crippen molar-refractivity contribution in [1.29, 1.82) is 0 Å². The van der Waals surface area contributed by atoms with E-state index >= 15 is 0 Å². The number of rotatable bonds is 4. The Morgan fingerprint density at radius 1 is 1.64 bits per heavy atom. The first-order chi connectivity index (χ1) is 6.58. The lowest BCUT2D eigenvalue weighted by molar-refractivity contribution is -0.138. The molecular weight excluding hydrogens is 182 g/mol. The van der Waals surface area contributed by atoms with Crippen molar-refractivity contribution >= 4 is 5.97 Å². The summed E-state index contributed by atoms with van der Waals surface area (Å²) in [5.74, 6) is -0.886. The molecule has 0 aliphatic heterocycles. The van der Waals surface area contributed by atoms with Gasteiger partial charge in [-0.15, -0.1) is 0 Å². The Hall–Kier alpha value is -1.49. The number of nitrogens with two attached hydrogens (primary N) is 1. The highest BCUT2D eigenvalue weighted by Crippen LogP contribution is 2.23. The van der Waals surface area contributed by atoms with Crippen molar-refractivity contribution < 1.29 is 9.90 Å². The zero-order valence-electron chi connectivity index (χ0n) is 7.97. The maximum absolute atomic E-state index is 10.6. The Kier molecular flexibility index (Phi) is 3.14. The van der Waals surface area contributed by atoms with Crippen LogP contribution in [0.15, 0.2) is 18.6 Å². The van der Waals surface area contributed by atoms with Gasteiger partial charge in [-0.25, -0.2) is 0 Å². The summed E-state index contributed by atoms with van der Waals surface area (Å²) in [6.07, 6.45) is 4.59. The van der Waals surface area contributed by atoms with Crippen molar-refractivity contribution in [3.05, 3.63) is 24.3 Å². The predicted molar refractivity (Wildman–Crippen MR) is 50.7 cm³/mol. The fraction of sp³-hybridized carbons (Fsp3) is 0.444. The molecule has 1 aromatic rings. The van der Waals surface area contributed by atoms with Gasteiger partial charge < -0.3 is 10.8 Å². The van der Waals surface area contributed by atoms with Crippen LogP contribution in [-0.2, 0) is 10.2 Å². The second-order valence-electron chi connectivity index (χ2n) is 3.43. The third-order valence-electron chi connectivity index (χ3n) is 2.17. The van der Waals surface area contributed by atoms with Gasteiger partial charge in [0.25, 0.3) is 0 Å². The van der Waals surface area contributed by atoms with Gasteiger partial charge in [0, 0.05) is 30.6 Å². The second kappa shape index (κ2) is 4.15. The van der Waals surface area contributed by atoms with Crippen LogP contribution in [-0.4, -0.2) is 27.6 Å². The lowest BCUT2D eigenvalue weighted by Gasteiger charge is -2.24. The fourth-order valence-electron chi connectivity index (χ4n) is 1.21. The molecule has 1 heterocycles. The normalized spacial score (nSPS) is 14.7. The molecule has 0 fully saturated rings. The van der Waals surface area contributed by atoms with E-state index in [1.165, 1.54) is 6.20 Å². The minimum absolute atomic E-state index is 0.0395. The summed E-state index contributed by atoms with van der Waals surface area (Å²) in [5, 5.41) is 8.74. The van der Waals surface area contributed by atoms with Crippen LogP contribution in [0.1, 0.15) is 19.0 Å². The molecule has 0 aliphatic carbocycles. The molecule has 0 bridgehead atoms. The maximum Gasteiger partial charge on any atom is 0.304 e. The Morgan fingerprint density at radius 3 is 2.79 bits per heavy atom. The first-order valence-corrected chi connectivity index (χ1v) is 4.27. The van der Waals surface area contributed by atoms with Gasteiger partial charge in [-0.05, 0) is 0 Å². The van der Waals surface area contributed by atoms with Crippen LogP contribution < -0.4 is 5.73 Å². The molecule has 14 heavy (non-hydrogen) atoms. The van der Waals surface area contributed by atoms with E-state index in [4.69, 9.17) is 10.8 Å². The van der Waals surface area contributed by atoms with E-state index in [9.17, 15) is 4.79 Å². The topological polar surface area (TPSA) is 89.1 Å². The average molecular weight is 195 g/mol. The molecule has 1 rings (SSSR count). The molecule has 0 amide bonds. The van der Waals surface area contributed by atoms with Crippen LogP contribution in [0.2, 0.25) is 0 Å². The fourth-order valence-corrected chi connectivity index (χ4v) is 1.21. The number of hydrogen-bond donors (Lipinski definition) is 2. The number of hydrogen-bond acceptors (Lipinski definition) is 4. The van der Waals surface area contributed by atoms with E-state index in [0.717, 1.165) is 0 Å². The van der Waals surface area contributed by atoms with Gasteiger partial charge in [-0.1, -0.05) is 6.92 Å². The monoisotopic (exact) mass is 195 g/mol. The van der Waals surface area contributed by atoms with E-state index in [1.807, 2.05) is 0 Å². The van der Waals surface area contributed by atoms with Gasteiger partial charge >= 0.3 is 5.97 Å². The Bertz CT molecular complexity index is 315. The van der Waals surface area contributed by atoms with Crippen molar-refractivity contribution in [3.8, 4) is 0 Å². The van der Waals surface area contributed by atoms with Gasteiger partial charge in [0.05, 0.1) is 12.1 Å². The van der Waals surface area contributed by atoms with Crippen LogP contribution >= 0.6 is 0 Å². The summed E-state index contributed by atoms with van der Waals surface area (Å²) in [6, 6.07) is 0. The molecule has 0 saturated heterocycles. The van der Waals surface area contributed by atoms with Crippen LogP contribution in [0, 0.1) is 0 Å². The Balaban J connectivity index is 2.95. The minimum Gasteiger partial charge on any atom is -0.481 e. The van der Waals surface area contributed by atoms with Crippen molar-refractivity contribution in [2.45, 2.75) is 18.8 Å². The van der Waals surface area contributed by atoms with Gasteiger partial charge in [0.15, 0.2) is 0 Å². The molecule has 5 nitrogen and oxygen atoms in total. The summed E-state index contributed by atoms with van der Waals surface area (Å²) in [5.41, 5.74) is 5.53. The van der Waals surface area contributed by atoms with Crippen LogP contribution in [0.3, 0.4) is 0 Å². The van der Waals surface area contributed by atoms with Crippen molar-refractivity contribution in [2.24, 2.45) is 5.73 Å². The van der Waals surface area contributed by atoms with E-state index in [-0.39, 0.29) is 13.0 Å². The third-order valence-corrected chi connectivity index (χ3v) is 2.17. The minimum atomic E-state index is -0.886. The predicted octanol–water partition coefficient (Wildman–Crippen LogP) is 0.168. The number of nitrogens with zero attached hydrogens (tertiary/aromatic N) is 2. The summed E-state index contributed by atoms with van der Waals surface area (Å²) < 4.78 is 0. The summed E-state index contributed by atoms with van der Waals surface area (Å²) >= 11 is 0. The quantitative estimate of drug-likeness (QED) is 0.714. The largest absolute Gasteiger partial charge is 0.481 e. The molecule has 1 atom stereocenters. The van der Waals surface area contributed by atoms with Crippen LogP contribution in [0.4, 0.5) is 0 Å². The molecule has 0 saturated carbocycles. The van der Waals surface area contributed by atoms with E-state index < -0.39 is 11.4 Å². The third kappa shape index (κ3) is 2.26. The number of aliphatic carboxylic acids is 1. The molecule has 3 N–H and O–H groups in total. The first-order valence-electron chi connectivity index (χ1n) is 4.27. The van der Waals surface area contributed by atoms with Crippen molar-refractivity contribution in [2.75, 3.05) is 6.54 Å². The zero-order chi connectivity index (χ0) is 10.6. The first kappa shape index (κ1) is 10.6. The molecule has 0 aromatic carbocycles. The van der Waals surface area contributed by atoms with Gasteiger partial charge in [-0.3, -0.25) is 14.8 Å². The SMILES string of the molecule is CC(CN)(CC(=O)O)c1cnccn1. The molecule has 0 spiro atoms. The lowest BCUT2D eigenvalue weighted by Crippen LogP contribution is -2.35. The van der Waals surface area contributed by atoms with Gasteiger partial charge in [0.1, 0.15) is 0 Å². The number of carboxylic acid groups (broad SMARTS) is 1. The molecular formula is C9H13N3O2. The highest BCUT2D eigenvalue weighted by molar-refractivity contribution is 5.68. The number of aromatic nitrogens is 2. The zero-order valence-corrected chi connectivity index (χ0v) is 7.97. The molecule has 1 unspecified atom stereocenters. The molecule has 0 radical (unpaired) electrons. The second-order valence-corrected chi connectivity index (χ2v) is 3.43. The Labute approximate surface area is 82.0 Å². The van der Waals surface area contributed by atoms with E-state index in [1.54, 1.807) is 19.3 Å². The average Bonchev–Trinajstić information content (AvgIpc) is 2.18. The van der Waals surface area contributed by atoms with Crippen LogP contribution in [0.25, 0.3) is 0 Å². The highest BCUT2D eigenvalue weighted by atomic mass is 16.4. The molecule has 76 valence electrons. The standard InChI is InChI=1S/C9H13N3O2/c1-9(6-10,4-8(13)14)7-5-11-2-3-12-7/h2-3,5H,4,6,10H2,1H3,(H,13,14). The van der Waals surface area contributed by atoms with Gasteiger partial charge in [0.2, 0.25) is 0 Å². The van der Waals surface area contributed by atoms with Crippen molar-refractivity contribution in [3.63, 3.8) is 0 Å². The summed E-state index contributed by atoms with van der Waals surface area (Å²) in [7, 11) is 0. The number of carboxylic acids is 1. The molecule has 0 aliphatic rings. The molecule has 5 heteroatoms. The number of carbonyl (C=O) groups is 1. The summed E-state index contributed by atoms with van der Waals surface area (Å²) in [6.45, 7) is 2.00. The van der Waals surface area contributed by atoms with E-state index in [2.05, 4.69) is 9.97 Å². The van der Waals surface area contributed by atoms with Crippen molar-refractivity contribution in [1.82, 2.24) is 9.97 Å². The highest BCUT2D eigenvalue weighted by Gasteiger charge is 2.29. The maximum atomic E-state index is 10.6. The smallest absolute Gasteiger partial charge is 0.304 e. The Morgan fingerprint density at radius 2 is 2.36 bits per heavy atom. The van der Waals surface area contributed by atoms with E-state index in [0.29, 0.717) is 5.69 Å².